The highest BCUT2D eigenvalue weighted by atomic mass is 79.9. The van der Waals surface area contributed by atoms with Gasteiger partial charge >= 0.3 is 0 Å². The van der Waals surface area contributed by atoms with Gasteiger partial charge in [-0.15, -0.1) is 0 Å². The number of halogens is 2. The second kappa shape index (κ2) is 6.20. The van der Waals surface area contributed by atoms with Crippen LogP contribution in [0, 0.1) is 0 Å². The monoisotopic (exact) mass is 383 g/mol. The number of anilines is 1. The molecule has 0 saturated carbocycles. The first-order chi connectivity index (χ1) is 7.84. The fourth-order valence-electron chi connectivity index (χ4n) is 1.41. The molecule has 1 aromatic carbocycles. The van der Waals surface area contributed by atoms with Crippen LogP contribution in [-0.4, -0.2) is 26.0 Å². The van der Waals surface area contributed by atoms with Crippen molar-refractivity contribution >= 4 is 47.4 Å². The highest BCUT2D eigenvalue weighted by Crippen LogP contribution is 2.26. The molecule has 0 saturated heterocycles. The number of hydrogen-bond acceptors (Lipinski definition) is 3. The van der Waals surface area contributed by atoms with Gasteiger partial charge in [0.15, 0.2) is 9.84 Å². The lowest BCUT2D eigenvalue weighted by Gasteiger charge is -2.16. The topological polar surface area (TPSA) is 46.2 Å². The Balaban J connectivity index is 2.72. The molecule has 1 rings (SSSR count). The summed E-state index contributed by atoms with van der Waals surface area (Å²) in [5, 5.41) is 3.18. The molecule has 17 heavy (non-hydrogen) atoms. The van der Waals surface area contributed by atoms with Gasteiger partial charge in [0.2, 0.25) is 0 Å². The highest BCUT2D eigenvalue weighted by Gasteiger charge is 2.14. The molecule has 1 unspecified atom stereocenters. The van der Waals surface area contributed by atoms with Gasteiger partial charge in [-0.1, -0.05) is 22.9 Å². The van der Waals surface area contributed by atoms with Crippen molar-refractivity contribution in [1.29, 1.82) is 0 Å². The van der Waals surface area contributed by atoms with Crippen molar-refractivity contribution < 1.29 is 8.42 Å². The molecule has 0 aliphatic rings. The van der Waals surface area contributed by atoms with E-state index in [2.05, 4.69) is 37.2 Å². The van der Waals surface area contributed by atoms with E-state index in [9.17, 15) is 8.42 Å². The second-order valence-corrected chi connectivity index (χ2v) is 8.04. The zero-order valence-electron chi connectivity index (χ0n) is 9.70. The Kier molecular flexibility index (Phi) is 5.47. The lowest BCUT2D eigenvalue weighted by molar-refractivity contribution is 0.593. The van der Waals surface area contributed by atoms with Crippen LogP contribution in [0.3, 0.4) is 0 Å². The maximum absolute atomic E-state index is 11.5. The van der Waals surface area contributed by atoms with Gasteiger partial charge in [-0.25, -0.2) is 8.42 Å². The summed E-state index contributed by atoms with van der Waals surface area (Å²) in [5.74, 6) is 0.326. The van der Waals surface area contributed by atoms with Crippen LogP contribution in [0.4, 0.5) is 5.69 Å². The van der Waals surface area contributed by atoms with Crippen LogP contribution in [0.2, 0.25) is 0 Å². The first-order valence-electron chi connectivity index (χ1n) is 5.26. The molecule has 96 valence electrons. The molecule has 0 radical (unpaired) electrons. The summed E-state index contributed by atoms with van der Waals surface area (Å²) in [6.45, 7) is 3.53. The number of sulfone groups is 1. The Morgan fingerprint density at radius 1 is 1.35 bits per heavy atom. The third-order valence-corrected chi connectivity index (χ3v) is 5.31. The molecule has 0 amide bonds. The number of hydrogen-bond donors (Lipinski definition) is 1. The average molecular weight is 385 g/mol. The molecule has 1 atom stereocenters. The van der Waals surface area contributed by atoms with Crippen molar-refractivity contribution in [2.45, 2.75) is 19.9 Å². The molecular weight excluding hydrogens is 370 g/mol. The Hall–Kier alpha value is -0.0700. The largest absolute Gasteiger partial charge is 0.381 e. The van der Waals surface area contributed by atoms with Crippen molar-refractivity contribution in [1.82, 2.24) is 0 Å². The number of rotatable bonds is 5. The molecule has 0 aliphatic heterocycles. The molecular formula is C11H15Br2NO2S. The van der Waals surface area contributed by atoms with Gasteiger partial charge in [0.1, 0.15) is 0 Å². The van der Waals surface area contributed by atoms with Crippen molar-refractivity contribution in [3.8, 4) is 0 Å². The van der Waals surface area contributed by atoms with Crippen LogP contribution in [0.15, 0.2) is 27.1 Å². The van der Waals surface area contributed by atoms with Crippen LogP contribution in [0.25, 0.3) is 0 Å². The van der Waals surface area contributed by atoms with Crippen LogP contribution < -0.4 is 5.32 Å². The lowest BCUT2D eigenvalue weighted by Crippen LogP contribution is -2.26. The van der Waals surface area contributed by atoms with Gasteiger partial charge < -0.3 is 5.32 Å². The number of nitrogens with one attached hydrogen (secondary N) is 1. The molecule has 0 bridgehead atoms. The molecule has 0 aliphatic carbocycles. The highest BCUT2D eigenvalue weighted by molar-refractivity contribution is 9.11. The van der Waals surface area contributed by atoms with E-state index < -0.39 is 9.84 Å². The predicted molar refractivity (Wildman–Crippen MR) is 79.3 cm³/mol. The summed E-state index contributed by atoms with van der Waals surface area (Å²) < 4.78 is 24.8. The predicted octanol–water partition coefficient (Wildman–Crippen LogP) is 3.45. The van der Waals surface area contributed by atoms with Crippen LogP contribution >= 0.6 is 31.9 Å². The van der Waals surface area contributed by atoms with E-state index >= 15 is 0 Å². The van der Waals surface area contributed by atoms with Crippen molar-refractivity contribution in [3.05, 3.63) is 27.1 Å². The molecule has 1 aromatic rings. The van der Waals surface area contributed by atoms with Gasteiger partial charge in [-0.2, -0.15) is 0 Å². The van der Waals surface area contributed by atoms with Gasteiger partial charge in [-0.3, -0.25) is 0 Å². The summed E-state index contributed by atoms with van der Waals surface area (Å²) in [6, 6.07) is 5.62. The fraction of sp³-hybridized carbons (Fsp3) is 0.455. The van der Waals surface area contributed by atoms with E-state index in [4.69, 9.17) is 0 Å². The molecule has 0 heterocycles. The van der Waals surface area contributed by atoms with Crippen molar-refractivity contribution in [2.24, 2.45) is 0 Å². The Morgan fingerprint density at radius 3 is 2.53 bits per heavy atom. The van der Waals surface area contributed by atoms with Crippen LogP contribution in [-0.2, 0) is 9.84 Å². The van der Waals surface area contributed by atoms with Crippen molar-refractivity contribution in [3.63, 3.8) is 0 Å². The first-order valence-corrected chi connectivity index (χ1v) is 8.67. The van der Waals surface area contributed by atoms with Crippen LogP contribution in [0.1, 0.15) is 13.8 Å². The van der Waals surface area contributed by atoms with E-state index in [-0.39, 0.29) is 17.5 Å². The minimum absolute atomic E-state index is 0.113. The quantitative estimate of drug-likeness (QED) is 0.845. The first kappa shape index (κ1) is 15.0. The minimum Gasteiger partial charge on any atom is -0.381 e. The summed E-state index contributed by atoms with van der Waals surface area (Å²) in [5.41, 5.74) is 0.895. The molecule has 0 spiro atoms. The third kappa shape index (κ3) is 4.97. The van der Waals surface area contributed by atoms with Crippen LogP contribution in [0.5, 0.6) is 0 Å². The maximum atomic E-state index is 11.5. The fourth-order valence-corrected chi connectivity index (χ4v) is 3.65. The Morgan fingerprint density at radius 2 is 2.00 bits per heavy atom. The lowest BCUT2D eigenvalue weighted by atomic mass is 10.3. The molecule has 1 N–H and O–H groups in total. The standard InChI is InChI=1S/C11H15Br2NO2S/c1-3-17(15,16)7-8(2)14-11-5-4-9(12)6-10(11)13/h4-6,8,14H,3,7H2,1-2H3. The van der Waals surface area contributed by atoms with Gasteiger partial charge in [0.25, 0.3) is 0 Å². The molecule has 3 nitrogen and oxygen atoms in total. The number of benzene rings is 1. The van der Waals surface area contributed by atoms with E-state index in [0.717, 1.165) is 14.6 Å². The smallest absolute Gasteiger partial charge is 0.152 e. The molecule has 0 aromatic heterocycles. The minimum atomic E-state index is -2.95. The molecule has 6 heteroatoms. The Bertz CT molecular complexity index is 488. The zero-order chi connectivity index (χ0) is 13.1. The third-order valence-electron chi connectivity index (χ3n) is 2.28. The molecule has 0 fully saturated rings. The van der Waals surface area contributed by atoms with Gasteiger partial charge in [0, 0.05) is 26.4 Å². The van der Waals surface area contributed by atoms with E-state index in [1.54, 1.807) is 6.92 Å². The zero-order valence-corrected chi connectivity index (χ0v) is 13.7. The SMILES string of the molecule is CCS(=O)(=O)CC(C)Nc1ccc(Br)cc1Br. The van der Waals surface area contributed by atoms with Crippen molar-refractivity contribution in [2.75, 3.05) is 16.8 Å². The summed E-state index contributed by atoms with van der Waals surface area (Å²) in [4.78, 5) is 0. The summed E-state index contributed by atoms with van der Waals surface area (Å²) in [7, 11) is -2.95. The maximum Gasteiger partial charge on any atom is 0.152 e. The second-order valence-electron chi connectivity index (χ2n) is 3.87. The van der Waals surface area contributed by atoms with E-state index in [0.29, 0.717) is 0 Å². The normalized spacial score (nSPS) is 13.4. The Labute approximate surface area is 119 Å². The van der Waals surface area contributed by atoms with E-state index in [1.807, 2.05) is 25.1 Å². The summed E-state index contributed by atoms with van der Waals surface area (Å²) in [6.07, 6.45) is 0. The van der Waals surface area contributed by atoms with E-state index in [1.165, 1.54) is 0 Å². The summed E-state index contributed by atoms with van der Waals surface area (Å²) >= 11 is 6.80. The van der Waals surface area contributed by atoms with Gasteiger partial charge in [0.05, 0.1) is 5.75 Å². The average Bonchev–Trinajstić information content (AvgIpc) is 2.21. The van der Waals surface area contributed by atoms with Gasteiger partial charge in [-0.05, 0) is 41.1 Å².